The van der Waals surface area contributed by atoms with Gasteiger partial charge in [0, 0.05) is 18.3 Å². The molecule has 2 atom stereocenters. The number of hydrogen-bond donors (Lipinski definition) is 4. The number of alkyl carbamates (subject to hydrolysis) is 1. The number of carbonyl (C=O) groups is 4. The Kier molecular flexibility index (Phi) is 14.2. The maximum absolute atomic E-state index is 13.4. The van der Waals surface area contributed by atoms with E-state index < -0.39 is 47.5 Å². The monoisotopic (exact) mass is 735 g/mol. The molecule has 53 heavy (non-hydrogen) atoms. The van der Waals surface area contributed by atoms with E-state index in [0.29, 0.717) is 31.8 Å². The Labute approximate surface area is 310 Å². The van der Waals surface area contributed by atoms with E-state index in [1.165, 1.54) is 4.90 Å². The molecule has 1 aliphatic carbocycles. The van der Waals surface area contributed by atoms with Crippen LogP contribution in [0.2, 0.25) is 0 Å². The zero-order chi connectivity index (χ0) is 38.8. The molecule has 14 heteroatoms. The molecule has 1 heterocycles. The lowest BCUT2D eigenvalue weighted by molar-refractivity contribution is -0.181. The number of hydrogen-bond acceptors (Lipinski definition) is 10. The zero-order valence-electron chi connectivity index (χ0n) is 31.5. The van der Waals surface area contributed by atoms with Crippen LogP contribution in [-0.2, 0) is 41.7 Å². The highest BCUT2D eigenvalue weighted by Crippen LogP contribution is 2.44. The van der Waals surface area contributed by atoms with Crippen molar-refractivity contribution >= 4 is 23.9 Å². The third-order valence-electron chi connectivity index (χ3n) is 8.38. The van der Waals surface area contributed by atoms with Crippen LogP contribution in [0.4, 0.5) is 4.79 Å². The van der Waals surface area contributed by atoms with Crippen molar-refractivity contribution in [3.05, 3.63) is 77.9 Å². The molecule has 0 fully saturated rings. The number of ether oxygens (including phenoxy) is 3. The van der Waals surface area contributed by atoms with Crippen molar-refractivity contribution < 1.29 is 43.6 Å². The fourth-order valence-electron chi connectivity index (χ4n) is 6.15. The summed E-state index contributed by atoms with van der Waals surface area (Å²) in [6.45, 7) is 10.7. The van der Waals surface area contributed by atoms with Gasteiger partial charge < -0.3 is 44.5 Å². The van der Waals surface area contributed by atoms with E-state index in [1.54, 1.807) is 58.5 Å². The molecule has 0 saturated heterocycles. The lowest BCUT2D eigenvalue weighted by Gasteiger charge is -2.30. The van der Waals surface area contributed by atoms with Crippen molar-refractivity contribution in [2.24, 2.45) is 0 Å². The summed E-state index contributed by atoms with van der Waals surface area (Å²) in [5.74, 6) is -1.75. The number of aromatic nitrogens is 2. The number of rotatable bonds is 18. The van der Waals surface area contributed by atoms with Gasteiger partial charge in [0.1, 0.15) is 37.2 Å². The van der Waals surface area contributed by atoms with Gasteiger partial charge in [0.2, 0.25) is 5.91 Å². The Hall–Kier alpha value is -4.79. The minimum absolute atomic E-state index is 0.0901. The number of carboxylic acid groups (broad SMARTS) is 1. The molecule has 1 aromatic heterocycles. The van der Waals surface area contributed by atoms with E-state index in [0.717, 1.165) is 22.3 Å². The number of carboxylic acids is 1. The molecule has 2 amide bonds. The van der Waals surface area contributed by atoms with Gasteiger partial charge in [-0.2, -0.15) is 0 Å². The van der Waals surface area contributed by atoms with E-state index in [1.807, 2.05) is 48.5 Å². The van der Waals surface area contributed by atoms with E-state index in [-0.39, 0.29) is 38.6 Å². The van der Waals surface area contributed by atoms with Gasteiger partial charge in [-0.05, 0) is 89.6 Å². The van der Waals surface area contributed by atoms with Crippen LogP contribution in [0, 0.1) is 0 Å². The number of amides is 2. The molecule has 4 rings (SSSR count). The van der Waals surface area contributed by atoms with Gasteiger partial charge >= 0.3 is 18.0 Å². The van der Waals surface area contributed by atoms with Crippen LogP contribution < -0.4 is 10.6 Å². The molecular formula is C39H53N5O9. The van der Waals surface area contributed by atoms with Gasteiger partial charge in [-0.3, -0.25) is 9.59 Å². The molecule has 1 aliphatic rings. The smallest absolute Gasteiger partial charge is 0.407 e. The Balaban J connectivity index is 1.21. The van der Waals surface area contributed by atoms with Gasteiger partial charge in [-0.25, -0.2) is 14.6 Å². The lowest BCUT2D eigenvalue weighted by atomic mass is 9.98. The minimum Gasteiger partial charge on any atom is -0.480 e. The second kappa shape index (κ2) is 18.3. The molecule has 2 unspecified atom stereocenters. The Morgan fingerprint density at radius 3 is 2.19 bits per heavy atom. The number of carbonyl (C=O) groups excluding carboxylic acids is 3. The summed E-state index contributed by atoms with van der Waals surface area (Å²) in [4.78, 5) is 56.1. The third-order valence-corrected chi connectivity index (χ3v) is 8.38. The van der Waals surface area contributed by atoms with Crippen LogP contribution >= 0.6 is 0 Å². The number of imidazole rings is 1. The second-order valence-corrected chi connectivity index (χ2v) is 15.1. The van der Waals surface area contributed by atoms with E-state index in [2.05, 4.69) is 15.6 Å². The molecular weight excluding hydrogens is 682 g/mol. The fraction of sp³-hybridized carbons (Fsp3) is 0.513. The lowest BCUT2D eigenvalue weighted by Crippen LogP contribution is -2.46. The Bertz CT molecular complexity index is 1670. The molecule has 0 aliphatic heterocycles. The van der Waals surface area contributed by atoms with Crippen LogP contribution in [0.5, 0.6) is 0 Å². The molecule has 4 N–H and O–H groups in total. The summed E-state index contributed by atoms with van der Waals surface area (Å²) in [6, 6.07) is 14.9. The van der Waals surface area contributed by atoms with Gasteiger partial charge in [0.25, 0.3) is 0 Å². The van der Waals surface area contributed by atoms with Crippen molar-refractivity contribution in [3.63, 3.8) is 0 Å². The van der Waals surface area contributed by atoms with Crippen LogP contribution in [0.15, 0.2) is 60.9 Å². The highest BCUT2D eigenvalue weighted by atomic mass is 16.6. The summed E-state index contributed by atoms with van der Waals surface area (Å²) in [7, 11) is 0. The first kappa shape index (κ1) is 41.0. The SMILES string of the molecule is CC(C)(C)OC(=O)CN(CC(O)OC(C)(C)C)C(=O)Cn1ccnc1CNCCCCC(NC(=O)OCC1c2ccccc2-c2ccccc21)C(=O)O. The number of aliphatic hydroxyl groups is 1. The molecule has 2 aromatic carbocycles. The molecule has 0 saturated carbocycles. The van der Waals surface area contributed by atoms with Crippen molar-refractivity contribution in [1.29, 1.82) is 0 Å². The Morgan fingerprint density at radius 1 is 0.943 bits per heavy atom. The first-order valence-corrected chi connectivity index (χ1v) is 17.9. The number of aliphatic hydroxyl groups excluding tert-OH is 1. The van der Waals surface area contributed by atoms with E-state index >= 15 is 0 Å². The van der Waals surface area contributed by atoms with Crippen LogP contribution in [-0.4, -0.2) is 98.4 Å². The summed E-state index contributed by atoms with van der Waals surface area (Å²) >= 11 is 0. The highest BCUT2D eigenvalue weighted by Gasteiger charge is 2.30. The predicted octanol–water partition coefficient (Wildman–Crippen LogP) is 4.44. The van der Waals surface area contributed by atoms with Gasteiger partial charge in [-0.1, -0.05) is 48.5 Å². The topological polar surface area (TPSA) is 182 Å². The van der Waals surface area contributed by atoms with Gasteiger partial charge in [0.15, 0.2) is 6.29 Å². The van der Waals surface area contributed by atoms with E-state index in [4.69, 9.17) is 14.2 Å². The largest absolute Gasteiger partial charge is 0.480 e. The third kappa shape index (κ3) is 12.7. The number of fused-ring (bicyclic) bond motifs is 3. The number of unbranched alkanes of at least 4 members (excludes halogenated alkanes) is 1. The van der Waals surface area contributed by atoms with Crippen molar-refractivity contribution in [1.82, 2.24) is 25.1 Å². The maximum atomic E-state index is 13.4. The van der Waals surface area contributed by atoms with E-state index in [9.17, 15) is 29.4 Å². The molecule has 288 valence electrons. The molecule has 14 nitrogen and oxygen atoms in total. The predicted molar refractivity (Wildman–Crippen MR) is 197 cm³/mol. The van der Waals surface area contributed by atoms with Crippen molar-refractivity contribution in [2.45, 2.75) is 103 Å². The Morgan fingerprint density at radius 2 is 1.58 bits per heavy atom. The highest BCUT2D eigenvalue weighted by molar-refractivity contribution is 5.82. The number of nitrogens with one attached hydrogen (secondary N) is 2. The first-order valence-electron chi connectivity index (χ1n) is 17.9. The second-order valence-electron chi connectivity index (χ2n) is 15.1. The first-order chi connectivity index (χ1) is 25.0. The number of nitrogens with zero attached hydrogens (tertiary/aromatic N) is 3. The fourth-order valence-corrected chi connectivity index (χ4v) is 6.15. The average molecular weight is 736 g/mol. The van der Waals surface area contributed by atoms with Crippen LogP contribution in [0.25, 0.3) is 11.1 Å². The molecule has 0 bridgehead atoms. The summed E-state index contributed by atoms with van der Waals surface area (Å²) in [5.41, 5.74) is 2.93. The van der Waals surface area contributed by atoms with Crippen molar-refractivity contribution in [2.75, 3.05) is 26.2 Å². The number of aliphatic carboxylic acids is 1. The minimum atomic E-state index is -1.32. The number of esters is 1. The molecule has 3 aromatic rings. The summed E-state index contributed by atoms with van der Waals surface area (Å²) in [6.07, 6.45) is 2.45. The standard InChI is InChI=1S/C39H53N5O9/c1-38(2,3)52-34(46)23-44(24-35(47)53-39(4,5)6)33(45)22-43-20-19-41-32(43)21-40-18-12-11-17-31(36(48)49)42-37(50)51-25-30-28-15-9-7-13-26(28)27-14-8-10-16-29(27)30/h7-10,13-16,19-20,30-31,34,40,46H,11-12,17-18,21-25H2,1-6H3,(H,42,50)(H,48,49). The molecule has 0 spiro atoms. The van der Waals surface area contributed by atoms with Gasteiger partial charge in [0.05, 0.1) is 18.7 Å². The summed E-state index contributed by atoms with van der Waals surface area (Å²) in [5, 5.41) is 26.0. The zero-order valence-corrected chi connectivity index (χ0v) is 31.5. The van der Waals surface area contributed by atoms with Crippen LogP contribution in [0.3, 0.4) is 0 Å². The van der Waals surface area contributed by atoms with Crippen molar-refractivity contribution in [3.8, 4) is 11.1 Å². The quantitative estimate of drug-likeness (QED) is 0.0824. The van der Waals surface area contributed by atoms with Gasteiger partial charge in [-0.15, -0.1) is 0 Å². The average Bonchev–Trinajstić information content (AvgIpc) is 3.64. The van der Waals surface area contributed by atoms with Crippen LogP contribution in [0.1, 0.15) is 83.7 Å². The molecule has 0 radical (unpaired) electrons. The number of benzene rings is 2. The maximum Gasteiger partial charge on any atom is 0.407 e. The summed E-state index contributed by atoms with van der Waals surface area (Å²) < 4.78 is 18.1. The normalized spacial score (nSPS) is 13.8.